The molecule has 0 saturated carbocycles. The summed E-state index contributed by atoms with van der Waals surface area (Å²) in [5.41, 5.74) is 1.60. The number of fused-ring (bicyclic) bond motifs is 9. The molecule has 1 heterocycles. The van der Waals surface area contributed by atoms with E-state index in [1.807, 2.05) is 78.9 Å². The number of hydrogen-bond acceptors (Lipinski definition) is 9. The number of benzene rings is 9. The number of rotatable bonds is 2. The minimum atomic E-state index is -1.03. The molecule has 0 aliphatic heterocycles. The molecule has 8 N–H and O–H groups in total. The van der Waals surface area contributed by atoms with Crippen molar-refractivity contribution >= 4 is 75.8 Å². The van der Waals surface area contributed by atoms with Gasteiger partial charge in [0, 0.05) is 43.4 Å². The lowest BCUT2D eigenvalue weighted by molar-refractivity contribution is 0.350. The van der Waals surface area contributed by atoms with E-state index in [2.05, 4.69) is 0 Å². The molecule has 0 aliphatic rings. The molecule has 9 heteroatoms. The van der Waals surface area contributed by atoms with Gasteiger partial charge >= 0.3 is 0 Å². The van der Waals surface area contributed by atoms with Gasteiger partial charge in [0.2, 0.25) is 23.0 Å². The van der Waals surface area contributed by atoms with Crippen molar-refractivity contribution in [2.45, 2.75) is 0 Å². The van der Waals surface area contributed by atoms with Crippen molar-refractivity contribution in [2.24, 2.45) is 0 Å². The van der Waals surface area contributed by atoms with Gasteiger partial charge in [0.1, 0.15) is 11.2 Å². The molecule has 1 aromatic heterocycles. The Balaban J connectivity index is 1.44. The Morgan fingerprint density at radius 3 is 1.40 bits per heavy atom. The highest BCUT2D eigenvalue weighted by Gasteiger charge is 2.33. The van der Waals surface area contributed by atoms with E-state index in [1.54, 1.807) is 30.3 Å². The second-order valence-electron chi connectivity index (χ2n) is 13.2. The summed E-state index contributed by atoms with van der Waals surface area (Å²) in [7, 11) is 0. The molecule has 10 aromatic rings. The van der Waals surface area contributed by atoms with E-state index in [4.69, 9.17) is 4.42 Å². The highest BCUT2D eigenvalue weighted by atomic mass is 16.4. The van der Waals surface area contributed by atoms with Gasteiger partial charge in [-0.2, -0.15) is 0 Å². The Hall–Kier alpha value is -7.52. The van der Waals surface area contributed by atoms with Crippen molar-refractivity contribution in [2.75, 3.05) is 0 Å². The molecule has 9 aromatic carbocycles. The van der Waals surface area contributed by atoms with Gasteiger partial charge in [-0.25, -0.2) is 0 Å². The maximum Gasteiger partial charge on any atom is 0.204 e. The second kappa shape index (κ2) is 10.5. The predicted molar refractivity (Wildman–Crippen MR) is 205 cm³/mol. The minimum absolute atomic E-state index is 0.0107. The third-order valence-electron chi connectivity index (χ3n) is 10.5. The van der Waals surface area contributed by atoms with Crippen LogP contribution in [0.15, 0.2) is 114 Å². The first kappa shape index (κ1) is 30.3. The first-order valence-electron chi connectivity index (χ1n) is 16.6. The van der Waals surface area contributed by atoms with Crippen LogP contribution in [0.3, 0.4) is 0 Å². The van der Waals surface area contributed by atoms with Crippen molar-refractivity contribution < 1.29 is 45.3 Å². The molecule has 0 saturated heterocycles. The van der Waals surface area contributed by atoms with Crippen LogP contribution < -0.4 is 0 Å². The molecule has 0 atom stereocenters. The molecule has 9 nitrogen and oxygen atoms in total. The van der Waals surface area contributed by atoms with Crippen LogP contribution in [0.4, 0.5) is 0 Å². The van der Waals surface area contributed by atoms with Crippen LogP contribution in [0, 0.1) is 0 Å². The van der Waals surface area contributed by atoms with Crippen LogP contribution in [-0.4, -0.2) is 40.9 Å². The maximum absolute atomic E-state index is 11.8. The van der Waals surface area contributed by atoms with Crippen LogP contribution in [0.1, 0.15) is 0 Å². The zero-order valence-electron chi connectivity index (χ0n) is 27.4. The lowest BCUT2D eigenvalue weighted by Gasteiger charge is -2.23. The molecule has 0 fully saturated rings. The van der Waals surface area contributed by atoms with E-state index >= 15 is 0 Å². The quantitative estimate of drug-likeness (QED) is 0.0378. The number of aromatic hydroxyl groups is 8. The van der Waals surface area contributed by atoms with Crippen LogP contribution in [0.5, 0.6) is 46.0 Å². The van der Waals surface area contributed by atoms with Gasteiger partial charge in [-0.05, 0) is 73.8 Å². The van der Waals surface area contributed by atoms with Crippen LogP contribution in [-0.2, 0) is 0 Å². The molecular weight excluding hydrogens is 672 g/mol. The van der Waals surface area contributed by atoms with Crippen LogP contribution >= 0.6 is 0 Å². The number of phenolic OH excluding ortho intramolecular Hbond substituents is 8. The van der Waals surface area contributed by atoms with Crippen molar-refractivity contribution in [3.05, 3.63) is 109 Å². The summed E-state index contributed by atoms with van der Waals surface area (Å²) in [6.45, 7) is 0. The van der Waals surface area contributed by atoms with Crippen molar-refractivity contribution in [3.63, 3.8) is 0 Å². The van der Waals surface area contributed by atoms with Crippen molar-refractivity contribution in [1.29, 1.82) is 0 Å². The Kier molecular flexibility index (Phi) is 6.01. The summed E-state index contributed by atoms with van der Waals surface area (Å²) >= 11 is 0. The molecule has 0 spiro atoms. The van der Waals surface area contributed by atoms with Gasteiger partial charge in [0.25, 0.3) is 0 Å². The van der Waals surface area contributed by atoms with E-state index in [9.17, 15) is 40.9 Å². The van der Waals surface area contributed by atoms with Crippen LogP contribution in [0.25, 0.3) is 98.1 Å². The third-order valence-corrected chi connectivity index (χ3v) is 10.5. The van der Waals surface area contributed by atoms with E-state index in [0.717, 1.165) is 37.7 Å². The van der Waals surface area contributed by atoms with Crippen molar-refractivity contribution in [1.82, 2.24) is 0 Å². The molecule has 53 heavy (non-hydrogen) atoms. The molecular formula is C44H26O9. The normalized spacial score (nSPS) is 12.0. The van der Waals surface area contributed by atoms with Crippen molar-refractivity contribution in [3.8, 4) is 68.2 Å². The summed E-state index contributed by atoms with van der Waals surface area (Å²) in [6, 6.07) is 33.6. The number of phenols is 8. The highest BCUT2D eigenvalue weighted by Crippen LogP contribution is 2.62. The molecule has 10 rings (SSSR count). The average Bonchev–Trinajstić information content (AvgIpc) is 3.54. The van der Waals surface area contributed by atoms with Gasteiger partial charge in [0.05, 0.1) is 0 Å². The lowest BCUT2D eigenvalue weighted by atomic mass is 9.82. The summed E-state index contributed by atoms with van der Waals surface area (Å²) in [5.74, 6) is -7.50. The fourth-order valence-electron chi connectivity index (χ4n) is 8.06. The van der Waals surface area contributed by atoms with Gasteiger partial charge in [-0.1, -0.05) is 78.9 Å². The van der Waals surface area contributed by atoms with Gasteiger partial charge in [0.15, 0.2) is 23.0 Å². The van der Waals surface area contributed by atoms with E-state index in [1.165, 1.54) is 0 Å². The first-order valence-corrected chi connectivity index (χ1v) is 16.6. The molecule has 256 valence electrons. The average molecular weight is 699 g/mol. The molecule has 0 unspecified atom stereocenters. The Bertz CT molecular complexity index is 3190. The topological polar surface area (TPSA) is 175 Å². The van der Waals surface area contributed by atoms with Gasteiger partial charge in [-0.15, -0.1) is 0 Å². The SMILES string of the molecule is Oc1c(O)c(O)c2c(-c3cc4ccccc4c4ccccc34)c3c(O)c(O)c(O)c(O)c3c(-c3ccc4c(c3)oc3cc5ccccc5cc34)c2c1O. The largest absolute Gasteiger partial charge is 0.504 e. The first-order chi connectivity index (χ1) is 25.6. The van der Waals surface area contributed by atoms with Gasteiger partial charge in [-0.3, -0.25) is 0 Å². The fourth-order valence-corrected chi connectivity index (χ4v) is 8.06. The standard InChI is InChI=1S/C44H26O9/c45-37-33-31(22-13-14-26-27-15-19-7-1-2-8-20(19)17-30(27)53-29(26)18-22)34-36(40(48)44(52)42(50)38(34)46)32(35(33)39(47)43(51)41(37)49)28-16-21-9-3-4-10-23(21)24-11-5-6-12-25(24)28/h1-18,45-52H. The Morgan fingerprint density at radius 1 is 0.321 bits per heavy atom. The minimum Gasteiger partial charge on any atom is -0.504 e. The highest BCUT2D eigenvalue weighted by molar-refractivity contribution is 6.31. The van der Waals surface area contributed by atoms with Gasteiger partial charge < -0.3 is 45.3 Å². The summed E-state index contributed by atoms with van der Waals surface area (Å²) in [5, 5.41) is 96.8. The van der Waals surface area contributed by atoms with Crippen LogP contribution in [0.2, 0.25) is 0 Å². The predicted octanol–water partition coefficient (Wildman–Crippen LogP) is 10.3. The summed E-state index contributed by atoms with van der Waals surface area (Å²) in [4.78, 5) is 0. The number of hydrogen-bond donors (Lipinski definition) is 8. The zero-order valence-corrected chi connectivity index (χ0v) is 27.4. The molecule has 0 bridgehead atoms. The fraction of sp³-hybridized carbons (Fsp3) is 0. The summed E-state index contributed by atoms with van der Waals surface area (Å²) in [6.07, 6.45) is 0. The smallest absolute Gasteiger partial charge is 0.204 e. The molecule has 0 radical (unpaired) electrons. The number of furan rings is 1. The third kappa shape index (κ3) is 3.95. The Labute approximate surface area is 297 Å². The second-order valence-corrected chi connectivity index (χ2v) is 13.2. The zero-order chi connectivity index (χ0) is 36.4. The van der Waals surface area contributed by atoms with E-state index in [0.29, 0.717) is 22.1 Å². The van der Waals surface area contributed by atoms with E-state index in [-0.39, 0.29) is 38.2 Å². The maximum atomic E-state index is 11.8. The molecule has 0 aliphatic carbocycles. The van der Waals surface area contributed by atoms with E-state index < -0.39 is 46.0 Å². The lowest BCUT2D eigenvalue weighted by Crippen LogP contribution is -1.95. The Morgan fingerprint density at radius 2 is 0.792 bits per heavy atom. The molecule has 0 amide bonds. The summed E-state index contributed by atoms with van der Waals surface area (Å²) < 4.78 is 6.32. The monoisotopic (exact) mass is 698 g/mol.